The predicted molar refractivity (Wildman–Crippen MR) is 219 cm³/mol. The van der Waals surface area contributed by atoms with E-state index in [1.165, 1.54) is 78.6 Å². The van der Waals surface area contributed by atoms with E-state index >= 15 is 0 Å². The Morgan fingerprint density at radius 3 is 1.96 bits per heavy atom. The summed E-state index contributed by atoms with van der Waals surface area (Å²) in [4.78, 5) is 2.48. The Morgan fingerprint density at radius 2 is 1.04 bits per heavy atom. The fourth-order valence-electron chi connectivity index (χ4n) is 7.92. The summed E-state index contributed by atoms with van der Waals surface area (Å²) < 4.78 is 7.66. The third-order valence-electron chi connectivity index (χ3n) is 10.2. The minimum absolute atomic E-state index is 1.13. The number of nitrogens with zero attached hydrogens (tertiary/aromatic N) is 2. The highest BCUT2D eigenvalue weighted by molar-refractivity contribution is 7.27. The highest BCUT2D eigenvalue weighted by atomic mass is 32.1. The van der Waals surface area contributed by atoms with Crippen LogP contribution in [0.4, 0.5) is 17.1 Å². The van der Waals surface area contributed by atoms with Gasteiger partial charge in [0.05, 0.1) is 21.4 Å². The summed E-state index contributed by atoms with van der Waals surface area (Å²) in [6.45, 7) is 0. The van der Waals surface area contributed by atoms with Crippen molar-refractivity contribution in [2.75, 3.05) is 4.90 Å². The van der Waals surface area contributed by atoms with Crippen LogP contribution in [-0.4, -0.2) is 4.57 Å². The summed E-state index contributed by atoms with van der Waals surface area (Å²) in [6, 6.07) is 62.4. The third-order valence-corrected chi connectivity index (χ3v) is 12.6. The van der Waals surface area contributed by atoms with E-state index in [9.17, 15) is 0 Å². The fourth-order valence-corrected chi connectivity index (χ4v) is 10.3. The number of hydrogen-bond donors (Lipinski definition) is 0. The molecule has 4 heteroatoms. The minimum atomic E-state index is 1.13. The Balaban J connectivity index is 1.23. The molecule has 0 aliphatic rings. The molecule has 11 aromatic rings. The van der Waals surface area contributed by atoms with Crippen molar-refractivity contribution in [3.05, 3.63) is 170 Å². The van der Waals surface area contributed by atoms with Crippen molar-refractivity contribution in [3.63, 3.8) is 0 Å². The van der Waals surface area contributed by atoms with E-state index in [1.807, 2.05) is 22.7 Å². The van der Waals surface area contributed by atoms with Gasteiger partial charge in [-0.05, 0) is 71.4 Å². The first-order chi connectivity index (χ1) is 24.8. The Kier molecular flexibility index (Phi) is 6.03. The second kappa shape index (κ2) is 10.8. The van der Waals surface area contributed by atoms with Gasteiger partial charge >= 0.3 is 0 Å². The van der Waals surface area contributed by atoms with Crippen molar-refractivity contribution in [1.82, 2.24) is 4.57 Å². The number of anilines is 3. The Morgan fingerprint density at radius 1 is 0.380 bits per heavy atom. The highest BCUT2D eigenvalue weighted by Gasteiger charge is 2.22. The molecule has 0 aliphatic carbocycles. The summed E-state index contributed by atoms with van der Waals surface area (Å²) in [5, 5.41) is 10.3. The monoisotopic (exact) mass is 672 g/mol. The maximum Gasteiger partial charge on any atom is 0.0640 e. The van der Waals surface area contributed by atoms with Gasteiger partial charge in [0.2, 0.25) is 0 Å². The Bertz CT molecular complexity index is 3110. The lowest BCUT2D eigenvalue weighted by Crippen LogP contribution is -2.10. The first-order valence-corrected chi connectivity index (χ1v) is 18.6. The van der Waals surface area contributed by atoms with Gasteiger partial charge in [-0.1, -0.05) is 109 Å². The van der Waals surface area contributed by atoms with E-state index in [2.05, 4.69) is 179 Å². The third kappa shape index (κ3) is 4.07. The summed E-state index contributed by atoms with van der Waals surface area (Å²) in [7, 11) is 0. The molecule has 0 bridgehead atoms. The van der Waals surface area contributed by atoms with Crippen molar-refractivity contribution >= 4 is 113 Å². The van der Waals surface area contributed by atoms with Gasteiger partial charge in [-0.3, -0.25) is 0 Å². The average molecular weight is 673 g/mol. The molecule has 0 spiro atoms. The molecule has 3 heterocycles. The van der Waals surface area contributed by atoms with Gasteiger partial charge in [-0.15, -0.1) is 22.7 Å². The van der Waals surface area contributed by atoms with Crippen molar-refractivity contribution in [2.45, 2.75) is 0 Å². The minimum Gasteiger partial charge on any atom is -0.309 e. The first kappa shape index (κ1) is 28.0. The predicted octanol–water partition coefficient (Wildman–Crippen LogP) is 14.1. The number of hydrogen-bond acceptors (Lipinski definition) is 3. The molecular weight excluding hydrogens is 645 g/mol. The zero-order valence-corrected chi connectivity index (χ0v) is 28.5. The fraction of sp³-hybridized carbons (Fsp3) is 0. The van der Waals surface area contributed by atoms with E-state index in [0.29, 0.717) is 0 Å². The molecule has 50 heavy (non-hydrogen) atoms. The number of benzene rings is 8. The zero-order chi connectivity index (χ0) is 32.8. The largest absolute Gasteiger partial charge is 0.309 e. The molecule has 0 unspecified atom stereocenters. The van der Waals surface area contributed by atoms with Crippen molar-refractivity contribution < 1.29 is 0 Å². The SMILES string of the molecule is c1ccc(-n2c3ccccc3c3ccc(N(c4ccc5sc6ccccc6c5c4)c4cccc5c4sc4c6ccccc6ccc54)cc32)cc1. The second-order valence-electron chi connectivity index (χ2n) is 12.9. The van der Waals surface area contributed by atoms with Gasteiger partial charge in [0.25, 0.3) is 0 Å². The van der Waals surface area contributed by atoms with Crippen LogP contribution in [0.1, 0.15) is 0 Å². The van der Waals surface area contributed by atoms with Crippen LogP contribution in [0.5, 0.6) is 0 Å². The van der Waals surface area contributed by atoms with Crippen molar-refractivity contribution in [1.29, 1.82) is 0 Å². The lowest BCUT2D eigenvalue weighted by molar-refractivity contribution is 1.18. The molecule has 0 radical (unpaired) electrons. The lowest BCUT2D eigenvalue weighted by atomic mass is 10.0. The molecule has 0 N–H and O–H groups in total. The molecule has 0 fully saturated rings. The Labute approximate surface area is 296 Å². The van der Waals surface area contributed by atoms with Crippen LogP contribution < -0.4 is 4.90 Å². The van der Waals surface area contributed by atoms with Crippen LogP contribution in [0.2, 0.25) is 0 Å². The van der Waals surface area contributed by atoms with E-state index < -0.39 is 0 Å². The van der Waals surface area contributed by atoms with Crippen molar-refractivity contribution in [3.8, 4) is 5.69 Å². The van der Waals surface area contributed by atoms with Crippen LogP contribution >= 0.6 is 22.7 Å². The zero-order valence-electron chi connectivity index (χ0n) is 26.9. The van der Waals surface area contributed by atoms with Gasteiger partial charge in [0, 0.05) is 63.5 Å². The number of rotatable bonds is 4. The molecule has 8 aromatic carbocycles. The number of para-hydroxylation sites is 2. The van der Waals surface area contributed by atoms with E-state index in [0.717, 1.165) is 17.1 Å². The van der Waals surface area contributed by atoms with Gasteiger partial charge < -0.3 is 9.47 Å². The topological polar surface area (TPSA) is 8.17 Å². The number of thiophene rings is 2. The van der Waals surface area contributed by atoms with Crippen LogP contribution in [0, 0.1) is 0 Å². The quantitative estimate of drug-likeness (QED) is 0.181. The molecular formula is C46H28N2S2. The number of aromatic nitrogens is 1. The molecule has 0 saturated heterocycles. The molecule has 3 aromatic heterocycles. The van der Waals surface area contributed by atoms with Crippen LogP contribution in [0.25, 0.3) is 78.6 Å². The molecule has 2 nitrogen and oxygen atoms in total. The van der Waals surface area contributed by atoms with E-state index in [1.54, 1.807) is 0 Å². The number of fused-ring (bicyclic) bond motifs is 11. The smallest absolute Gasteiger partial charge is 0.0640 e. The maximum atomic E-state index is 2.48. The molecule has 0 saturated carbocycles. The van der Waals surface area contributed by atoms with Crippen molar-refractivity contribution in [2.24, 2.45) is 0 Å². The average Bonchev–Trinajstić information content (AvgIpc) is 3.85. The summed E-state index contributed by atoms with van der Waals surface area (Å²) in [6.07, 6.45) is 0. The lowest BCUT2D eigenvalue weighted by Gasteiger charge is -2.26. The van der Waals surface area contributed by atoms with Crippen LogP contribution in [-0.2, 0) is 0 Å². The highest BCUT2D eigenvalue weighted by Crippen LogP contribution is 2.48. The standard InChI is InChI=1S/C46H28N2S2/c1-2-12-30(13-3-1)48-40-18-8-6-15-34(40)35-25-22-32(28-42(35)48)47(31-23-26-44-39(27-31)36-16-7-9-20-43(36)49-44)41-19-10-17-37-38-24-21-29-11-4-5-14-33(29)45(38)50-46(37)41/h1-28H. The summed E-state index contributed by atoms with van der Waals surface area (Å²) >= 11 is 3.77. The molecule has 234 valence electrons. The van der Waals surface area contributed by atoms with E-state index in [-0.39, 0.29) is 0 Å². The summed E-state index contributed by atoms with van der Waals surface area (Å²) in [5.41, 5.74) is 7.03. The van der Waals surface area contributed by atoms with Gasteiger partial charge in [0.1, 0.15) is 0 Å². The molecule has 0 atom stereocenters. The normalized spacial score (nSPS) is 12.0. The van der Waals surface area contributed by atoms with Crippen LogP contribution in [0.15, 0.2) is 170 Å². The Hall–Kier alpha value is -5.94. The molecule has 11 rings (SSSR count). The first-order valence-electron chi connectivity index (χ1n) is 16.9. The molecule has 0 amide bonds. The van der Waals surface area contributed by atoms with Gasteiger partial charge in [0.15, 0.2) is 0 Å². The van der Waals surface area contributed by atoms with Gasteiger partial charge in [-0.2, -0.15) is 0 Å². The molecule has 0 aliphatic heterocycles. The van der Waals surface area contributed by atoms with E-state index in [4.69, 9.17) is 0 Å². The van der Waals surface area contributed by atoms with Gasteiger partial charge in [-0.25, -0.2) is 0 Å². The van der Waals surface area contributed by atoms with Crippen LogP contribution in [0.3, 0.4) is 0 Å². The summed E-state index contributed by atoms with van der Waals surface area (Å²) in [5.74, 6) is 0. The maximum absolute atomic E-state index is 2.48. The second-order valence-corrected chi connectivity index (χ2v) is 15.0.